The third-order valence-electron chi connectivity index (χ3n) is 4.52. The Hall–Kier alpha value is -2.67. The van der Waals surface area contributed by atoms with Gasteiger partial charge in [0, 0.05) is 13.1 Å². The molecule has 6 nitrogen and oxygen atoms in total. The molecular formula is C19H18N2O4S. The number of carbonyl (C=O) groups is 2. The highest BCUT2D eigenvalue weighted by Gasteiger charge is 2.29. The van der Waals surface area contributed by atoms with Gasteiger partial charge in [-0.3, -0.25) is 9.59 Å². The number of hydrogen-bond donors (Lipinski definition) is 0. The minimum atomic E-state index is -0.214. The third-order valence-corrected chi connectivity index (χ3v) is 5.53. The summed E-state index contributed by atoms with van der Waals surface area (Å²) in [5.41, 5.74) is 0.924. The maximum absolute atomic E-state index is 12.3. The van der Waals surface area contributed by atoms with Crippen molar-refractivity contribution in [1.82, 2.24) is 9.88 Å². The lowest BCUT2D eigenvalue weighted by molar-refractivity contribution is -0.151. The number of carbonyl (C=O) groups excluding carboxylic acids is 2. The number of para-hydroxylation sites is 1. The molecular weight excluding hydrogens is 352 g/mol. The number of piperidine rings is 1. The normalized spacial score (nSPS) is 15.3. The van der Waals surface area contributed by atoms with Crippen molar-refractivity contribution in [3.8, 4) is 0 Å². The van der Waals surface area contributed by atoms with Crippen LogP contribution in [-0.4, -0.2) is 34.8 Å². The van der Waals surface area contributed by atoms with Crippen molar-refractivity contribution < 1.29 is 18.7 Å². The molecule has 26 heavy (non-hydrogen) atoms. The van der Waals surface area contributed by atoms with Crippen LogP contribution in [0.3, 0.4) is 0 Å². The predicted octanol–water partition coefficient (Wildman–Crippen LogP) is 3.48. The van der Waals surface area contributed by atoms with Gasteiger partial charge in [0.05, 0.1) is 22.4 Å². The van der Waals surface area contributed by atoms with Crippen LogP contribution in [0.5, 0.6) is 0 Å². The lowest BCUT2D eigenvalue weighted by Gasteiger charge is -2.30. The van der Waals surface area contributed by atoms with E-state index in [2.05, 4.69) is 4.98 Å². The molecule has 134 valence electrons. The van der Waals surface area contributed by atoms with Crippen LogP contribution in [0.25, 0.3) is 10.2 Å². The van der Waals surface area contributed by atoms with Crippen molar-refractivity contribution in [1.29, 1.82) is 0 Å². The summed E-state index contributed by atoms with van der Waals surface area (Å²) in [6, 6.07) is 11.2. The highest BCUT2D eigenvalue weighted by molar-refractivity contribution is 7.18. The quantitative estimate of drug-likeness (QED) is 0.658. The van der Waals surface area contributed by atoms with Crippen molar-refractivity contribution in [2.24, 2.45) is 5.92 Å². The van der Waals surface area contributed by atoms with Gasteiger partial charge in [-0.1, -0.05) is 12.1 Å². The van der Waals surface area contributed by atoms with Gasteiger partial charge in [0.2, 0.25) is 0 Å². The summed E-state index contributed by atoms with van der Waals surface area (Å²) in [5.74, 6) is -0.183. The Bertz CT molecular complexity index is 878. The second-order valence-electron chi connectivity index (χ2n) is 6.23. The van der Waals surface area contributed by atoms with Crippen molar-refractivity contribution in [2.45, 2.75) is 19.4 Å². The number of esters is 1. The van der Waals surface area contributed by atoms with Crippen LogP contribution in [0.1, 0.15) is 28.4 Å². The van der Waals surface area contributed by atoms with Gasteiger partial charge in [-0.25, -0.2) is 4.98 Å². The number of nitrogens with zero attached hydrogens (tertiary/aromatic N) is 2. The first-order valence-electron chi connectivity index (χ1n) is 8.54. The number of aromatic nitrogens is 1. The van der Waals surface area contributed by atoms with Gasteiger partial charge >= 0.3 is 5.97 Å². The molecule has 1 amide bonds. The number of likely N-dealkylation sites (tertiary alicyclic amines) is 1. The second-order valence-corrected chi connectivity index (χ2v) is 7.34. The number of fused-ring (bicyclic) bond motifs is 1. The van der Waals surface area contributed by atoms with Gasteiger partial charge in [-0.05, 0) is 37.1 Å². The van der Waals surface area contributed by atoms with E-state index < -0.39 is 0 Å². The first-order valence-corrected chi connectivity index (χ1v) is 9.36. The summed E-state index contributed by atoms with van der Waals surface area (Å²) in [6.45, 7) is 1.25. The molecule has 0 unspecified atom stereocenters. The first-order chi connectivity index (χ1) is 12.7. The smallest absolute Gasteiger partial charge is 0.309 e. The molecule has 3 aromatic rings. The number of furan rings is 1. The molecule has 0 radical (unpaired) electrons. The Balaban J connectivity index is 1.29. The summed E-state index contributed by atoms with van der Waals surface area (Å²) >= 11 is 1.54. The van der Waals surface area contributed by atoms with Crippen LogP contribution in [0.2, 0.25) is 0 Å². The summed E-state index contributed by atoms with van der Waals surface area (Å²) in [7, 11) is 0. The van der Waals surface area contributed by atoms with Gasteiger partial charge in [-0.2, -0.15) is 0 Å². The van der Waals surface area contributed by atoms with Gasteiger partial charge in [0.15, 0.2) is 5.76 Å². The molecule has 1 aliphatic heterocycles. The van der Waals surface area contributed by atoms with E-state index in [9.17, 15) is 9.59 Å². The lowest BCUT2D eigenvalue weighted by Crippen LogP contribution is -2.40. The van der Waals surface area contributed by atoms with E-state index in [-0.39, 0.29) is 24.4 Å². The van der Waals surface area contributed by atoms with Crippen LogP contribution in [0.4, 0.5) is 0 Å². The van der Waals surface area contributed by atoms with E-state index in [1.807, 2.05) is 24.3 Å². The van der Waals surface area contributed by atoms with Crippen molar-refractivity contribution in [3.05, 3.63) is 53.4 Å². The highest BCUT2D eigenvalue weighted by Crippen LogP contribution is 2.24. The Morgan fingerprint density at radius 3 is 2.73 bits per heavy atom. The standard InChI is InChI=1S/C19H18N2O4S/c22-18(15-5-3-11-24-15)21-9-7-13(8-10-21)19(23)25-12-17-20-14-4-1-2-6-16(14)26-17/h1-6,11,13H,7-10,12H2. The van der Waals surface area contributed by atoms with E-state index >= 15 is 0 Å². The zero-order chi connectivity index (χ0) is 17.9. The zero-order valence-corrected chi connectivity index (χ0v) is 14.9. The van der Waals surface area contributed by atoms with Gasteiger partial charge in [-0.15, -0.1) is 11.3 Å². The number of thiazole rings is 1. The predicted molar refractivity (Wildman–Crippen MR) is 96.8 cm³/mol. The van der Waals surface area contributed by atoms with Crippen molar-refractivity contribution in [2.75, 3.05) is 13.1 Å². The second kappa shape index (κ2) is 7.29. The van der Waals surface area contributed by atoms with Crippen LogP contribution < -0.4 is 0 Å². The van der Waals surface area contributed by atoms with Gasteiger partial charge in [0.25, 0.3) is 5.91 Å². The Morgan fingerprint density at radius 2 is 2.00 bits per heavy atom. The summed E-state index contributed by atoms with van der Waals surface area (Å²) in [4.78, 5) is 30.8. The molecule has 0 atom stereocenters. The summed E-state index contributed by atoms with van der Waals surface area (Å²) in [5, 5.41) is 0.796. The lowest BCUT2D eigenvalue weighted by atomic mass is 9.97. The van der Waals surface area contributed by atoms with E-state index in [1.165, 1.54) is 17.6 Å². The Labute approximate surface area is 154 Å². The number of amides is 1. The van der Waals surface area contributed by atoms with Crippen LogP contribution in [0.15, 0.2) is 47.1 Å². The molecule has 0 bridgehead atoms. The summed E-state index contributed by atoms with van der Waals surface area (Å²) in [6.07, 6.45) is 2.69. The largest absolute Gasteiger partial charge is 0.459 e. The third kappa shape index (κ3) is 3.48. The molecule has 3 heterocycles. The molecule has 1 fully saturated rings. The monoisotopic (exact) mass is 370 g/mol. The van der Waals surface area contributed by atoms with Crippen molar-refractivity contribution in [3.63, 3.8) is 0 Å². The van der Waals surface area contributed by atoms with Crippen LogP contribution in [0, 0.1) is 5.92 Å². The summed E-state index contributed by atoms with van der Waals surface area (Å²) < 4.78 is 11.7. The van der Waals surface area contributed by atoms with Gasteiger partial charge < -0.3 is 14.1 Å². The van der Waals surface area contributed by atoms with Gasteiger partial charge in [0.1, 0.15) is 11.6 Å². The van der Waals surface area contributed by atoms with Crippen LogP contribution >= 0.6 is 11.3 Å². The molecule has 0 N–H and O–H groups in total. The first kappa shape index (κ1) is 16.8. The fraction of sp³-hybridized carbons (Fsp3) is 0.316. The molecule has 1 aliphatic rings. The van der Waals surface area contributed by atoms with E-state index in [0.717, 1.165) is 15.2 Å². The van der Waals surface area contributed by atoms with Crippen molar-refractivity contribution >= 4 is 33.4 Å². The molecule has 2 aromatic heterocycles. The minimum absolute atomic E-state index is 0.128. The zero-order valence-electron chi connectivity index (χ0n) is 14.1. The molecule has 0 saturated carbocycles. The molecule has 0 aliphatic carbocycles. The number of ether oxygens (including phenoxy) is 1. The number of benzene rings is 1. The minimum Gasteiger partial charge on any atom is -0.459 e. The highest BCUT2D eigenvalue weighted by atomic mass is 32.1. The number of hydrogen-bond acceptors (Lipinski definition) is 6. The topological polar surface area (TPSA) is 72.6 Å². The van der Waals surface area contributed by atoms with Crippen LogP contribution in [-0.2, 0) is 16.1 Å². The SMILES string of the molecule is O=C(OCc1nc2ccccc2s1)C1CCN(C(=O)c2ccco2)CC1. The van der Waals surface area contributed by atoms with E-state index in [0.29, 0.717) is 31.7 Å². The maximum Gasteiger partial charge on any atom is 0.309 e. The van der Waals surface area contributed by atoms with E-state index in [1.54, 1.807) is 17.0 Å². The average Bonchev–Trinajstić information content (AvgIpc) is 3.35. The number of rotatable bonds is 4. The van der Waals surface area contributed by atoms with E-state index in [4.69, 9.17) is 9.15 Å². The molecule has 7 heteroatoms. The fourth-order valence-electron chi connectivity index (χ4n) is 3.11. The fourth-order valence-corrected chi connectivity index (χ4v) is 3.99. The molecule has 0 spiro atoms. The average molecular weight is 370 g/mol. The molecule has 1 aromatic carbocycles. The molecule has 4 rings (SSSR count). The maximum atomic E-state index is 12.3. The Kier molecular flexibility index (Phi) is 4.71. The Morgan fingerprint density at radius 1 is 1.19 bits per heavy atom. The molecule has 1 saturated heterocycles.